The summed E-state index contributed by atoms with van der Waals surface area (Å²) in [7, 11) is -4.93. The summed E-state index contributed by atoms with van der Waals surface area (Å²) in [6.07, 6.45) is -5.97. The van der Waals surface area contributed by atoms with E-state index in [-0.39, 0.29) is 17.5 Å². The summed E-state index contributed by atoms with van der Waals surface area (Å²) in [5.74, 6) is -3.33. The minimum atomic E-state index is -4.93. The Morgan fingerprint density at radius 2 is 1.73 bits per heavy atom. The maximum absolute atomic E-state index is 15.3. The first-order valence-corrected chi connectivity index (χ1v) is 13.4. The van der Waals surface area contributed by atoms with E-state index in [2.05, 4.69) is 4.74 Å². The lowest BCUT2D eigenvalue weighted by atomic mass is 9.90. The molecule has 1 aliphatic rings. The van der Waals surface area contributed by atoms with Crippen LogP contribution < -0.4 is 9.04 Å². The first-order chi connectivity index (χ1) is 19.0. The number of carbonyl (C=O) groups is 1. The summed E-state index contributed by atoms with van der Waals surface area (Å²) >= 11 is 0. The average Bonchev–Trinajstić information content (AvgIpc) is 3.12. The van der Waals surface area contributed by atoms with E-state index in [1.807, 2.05) is 0 Å². The molecule has 0 amide bonds. The summed E-state index contributed by atoms with van der Waals surface area (Å²) < 4.78 is 132. The van der Waals surface area contributed by atoms with Crippen LogP contribution in [0.5, 0.6) is 5.75 Å². The highest BCUT2D eigenvalue weighted by molar-refractivity contribution is 7.92. The van der Waals surface area contributed by atoms with Crippen molar-refractivity contribution < 1.29 is 53.4 Å². The molecule has 3 aromatic carbocycles. The third-order valence-electron chi connectivity index (χ3n) is 6.33. The number of sulfonamides is 1. The van der Waals surface area contributed by atoms with Gasteiger partial charge in [0.25, 0.3) is 10.0 Å². The van der Waals surface area contributed by atoms with E-state index in [9.17, 15) is 39.6 Å². The maximum atomic E-state index is 15.3. The number of cyclic esters (lactones) is 1. The van der Waals surface area contributed by atoms with Crippen LogP contribution in [-0.2, 0) is 25.7 Å². The molecule has 0 unspecified atom stereocenters. The highest BCUT2D eigenvalue weighted by Gasteiger charge is 2.44. The van der Waals surface area contributed by atoms with Crippen LogP contribution >= 0.6 is 0 Å². The molecule has 0 radical (unpaired) electrons. The summed E-state index contributed by atoms with van der Waals surface area (Å²) in [5.41, 5.74) is -3.08. The minimum absolute atomic E-state index is 0.0139. The number of benzene rings is 3. The van der Waals surface area contributed by atoms with Gasteiger partial charge in [0.2, 0.25) is 0 Å². The van der Waals surface area contributed by atoms with Crippen molar-refractivity contribution in [2.75, 3.05) is 10.8 Å². The molecule has 0 bridgehead atoms. The number of ether oxygens (including phenoxy) is 2. The minimum Gasteiger partial charge on any atom is -0.460 e. The second-order valence-electron chi connectivity index (χ2n) is 9.90. The smallest absolute Gasteiger partial charge is 0.416 e. The molecule has 0 N–H and O–H groups in total. The number of alkyl halides is 5. The molecular weight excluding hydrogens is 583 g/mol. The lowest BCUT2D eigenvalue weighted by Crippen LogP contribution is -2.38. The van der Waals surface area contributed by atoms with Crippen molar-refractivity contribution in [2.24, 2.45) is 5.41 Å². The molecule has 1 saturated heterocycles. The molecule has 1 aliphatic heterocycles. The standard InChI is InChI=1S/C27H22F7NO5S/c1-26(2)13-20(39-24(26)36)14-35(41(37,38)21-5-3-4-17(11-21)27(32,33)34)23-10-15(6-7-22(23)29)16-8-18(28)12-19(9-16)40-25(30)31/h3-12,20,25H,13-14H2,1-2H3/t20-/m0/s1. The molecule has 1 heterocycles. The molecule has 0 aliphatic carbocycles. The lowest BCUT2D eigenvalue weighted by Gasteiger charge is -2.28. The van der Waals surface area contributed by atoms with Gasteiger partial charge in [-0.05, 0) is 67.4 Å². The van der Waals surface area contributed by atoms with E-state index in [0.717, 1.165) is 42.5 Å². The van der Waals surface area contributed by atoms with Gasteiger partial charge in [-0.15, -0.1) is 0 Å². The van der Waals surface area contributed by atoms with Crippen molar-refractivity contribution in [1.82, 2.24) is 0 Å². The number of esters is 1. The van der Waals surface area contributed by atoms with E-state index in [1.54, 1.807) is 13.8 Å². The molecule has 1 fully saturated rings. The van der Waals surface area contributed by atoms with Gasteiger partial charge in [-0.1, -0.05) is 12.1 Å². The summed E-state index contributed by atoms with van der Waals surface area (Å²) in [6.45, 7) is -0.854. The molecular formula is C27H22F7NO5S. The number of rotatable bonds is 8. The van der Waals surface area contributed by atoms with Gasteiger partial charge >= 0.3 is 18.8 Å². The molecule has 0 saturated carbocycles. The van der Waals surface area contributed by atoms with Gasteiger partial charge in [0.1, 0.15) is 23.5 Å². The zero-order valence-corrected chi connectivity index (χ0v) is 22.2. The second-order valence-corrected chi connectivity index (χ2v) is 11.8. The second kappa shape index (κ2) is 10.9. The van der Waals surface area contributed by atoms with Gasteiger partial charge in [0.15, 0.2) is 0 Å². The van der Waals surface area contributed by atoms with Crippen LogP contribution in [-0.4, -0.2) is 33.6 Å². The van der Waals surface area contributed by atoms with Crippen molar-refractivity contribution >= 4 is 21.7 Å². The van der Waals surface area contributed by atoms with Gasteiger partial charge in [-0.25, -0.2) is 17.2 Å². The summed E-state index contributed by atoms with van der Waals surface area (Å²) in [6, 6.07) is 8.31. The first-order valence-electron chi connectivity index (χ1n) is 11.9. The number of anilines is 1. The Balaban J connectivity index is 1.85. The number of halogens is 7. The van der Waals surface area contributed by atoms with Crippen molar-refractivity contribution in [3.8, 4) is 16.9 Å². The Morgan fingerprint density at radius 1 is 1.02 bits per heavy atom. The topological polar surface area (TPSA) is 72.9 Å². The molecule has 6 nitrogen and oxygen atoms in total. The fourth-order valence-corrected chi connectivity index (χ4v) is 5.90. The van der Waals surface area contributed by atoms with Crippen LogP contribution in [0.15, 0.2) is 65.6 Å². The van der Waals surface area contributed by atoms with E-state index >= 15 is 4.39 Å². The molecule has 4 rings (SSSR count). The molecule has 1 atom stereocenters. The predicted molar refractivity (Wildman–Crippen MR) is 133 cm³/mol. The van der Waals surface area contributed by atoms with Crippen molar-refractivity contribution in [1.29, 1.82) is 0 Å². The summed E-state index contributed by atoms with van der Waals surface area (Å²) in [5, 5.41) is 0. The highest BCUT2D eigenvalue weighted by atomic mass is 32.2. The van der Waals surface area contributed by atoms with Crippen molar-refractivity contribution in [3.05, 3.63) is 77.9 Å². The third kappa shape index (κ3) is 6.58. The zero-order valence-electron chi connectivity index (χ0n) is 21.4. The van der Waals surface area contributed by atoms with Gasteiger partial charge in [0, 0.05) is 12.5 Å². The SMILES string of the molecule is CC1(C)C[C@@H](CN(c2cc(-c3cc(F)cc(OC(F)F)c3)ccc2F)S(=O)(=O)c2cccc(C(F)(F)F)c2)OC1=O. The van der Waals surface area contributed by atoms with Crippen molar-refractivity contribution in [2.45, 2.75) is 44.1 Å². The maximum Gasteiger partial charge on any atom is 0.416 e. The Morgan fingerprint density at radius 3 is 2.34 bits per heavy atom. The van der Waals surface area contributed by atoms with Gasteiger partial charge in [0.05, 0.1) is 28.1 Å². The molecule has 14 heteroatoms. The molecule has 0 aromatic heterocycles. The Kier molecular flexibility index (Phi) is 8.00. The van der Waals surface area contributed by atoms with Crippen LogP contribution in [0.25, 0.3) is 11.1 Å². The molecule has 0 spiro atoms. The molecule has 41 heavy (non-hydrogen) atoms. The average molecular weight is 606 g/mol. The van der Waals surface area contributed by atoms with Crippen LogP contribution in [0.2, 0.25) is 0 Å². The Bertz CT molecular complexity index is 1570. The van der Waals surface area contributed by atoms with E-state index in [0.29, 0.717) is 22.5 Å². The molecule has 3 aromatic rings. The lowest BCUT2D eigenvalue weighted by molar-refractivity contribution is -0.147. The van der Waals surface area contributed by atoms with Crippen LogP contribution in [0.4, 0.5) is 36.4 Å². The van der Waals surface area contributed by atoms with Gasteiger partial charge in [-0.3, -0.25) is 9.10 Å². The van der Waals surface area contributed by atoms with E-state index < -0.39 is 80.4 Å². The monoisotopic (exact) mass is 605 g/mol. The van der Waals surface area contributed by atoms with Gasteiger partial charge in [-0.2, -0.15) is 22.0 Å². The van der Waals surface area contributed by atoms with Crippen LogP contribution in [0, 0.1) is 17.0 Å². The Labute approximate surface area is 230 Å². The third-order valence-corrected chi connectivity index (χ3v) is 8.10. The summed E-state index contributed by atoms with van der Waals surface area (Å²) in [4.78, 5) is 11.4. The quantitative estimate of drug-likeness (QED) is 0.209. The first kappa shape index (κ1) is 30.2. The van der Waals surface area contributed by atoms with E-state index in [4.69, 9.17) is 4.74 Å². The van der Waals surface area contributed by atoms with Gasteiger partial charge < -0.3 is 9.47 Å². The number of carbonyl (C=O) groups excluding carboxylic acids is 1. The Hall–Kier alpha value is -3.81. The molecule has 220 valence electrons. The van der Waals surface area contributed by atoms with E-state index in [1.165, 1.54) is 0 Å². The fourth-order valence-electron chi connectivity index (χ4n) is 4.36. The largest absolute Gasteiger partial charge is 0.460 e. The normalized spacial score (nSPS) is 17.0. The fraction of sp³-hybridized carbons (Fsp3) is 0.296. The number of hydrogen-bond donors (Lipinski definition) is 0. The zero-order chi connectivity index (χ0) is 30.3. The van der Waals surface area contributed by atoms with Crippen molar-refractivity contribution in [3.63, 3.8) is 0 Å². The number of nitrogens with zero attached hydrogens (tertiary/aromatic N) is 1. The highest BCUT2D eigenvalue weighted by Crippen LogP contribution is 2.38. The number of hydrogen-bond acceptors (Lipinski definition) is 5. The van der Waals surface area contributed by atoms with Crippen LogP contribution in [0.3, 0.4) is 0 Å². The van der Waals surface area contributed by atoms with Crippen LogP contribution in [0.1, 0.15) is 25.8 Å². The predicted octanol–water partition coefficient (Wildman–Crippen LogP) is 6.79.